The van der Waals surface area contributed by atoms with E-state index in [1.807, 2.05) is 11.8 Å². The first-order valence-electron chi connectivity index (χ1n) is 7.73. The lowest BCUT2D eigenvalue weighted by atomic mass is 10.1. The van der Waals surface area contributed by atoms with Crippen molar-refractivity contribution in [1.29, 1.82) is 0 Å². The van der Waals surface area contributed by atoms with E-state index in [0.717, 1.165) is 31.9 Å². The van der Waals surface area contributed by atoms with Crippen LogP contribution in [0.2, 0.25) is 0 Å². The summed E-state index contributed by atoms with van der Waals surface area (Å²) >= 11 is 0. The summed E-state index contributed by atoms with van der Waals surface area (Å²) in [4.78, 5) is 14.2. The van der Waals surface area contributed by atoms with Crippen LogP contribution in [-0.4, -0.2) is 23.4 Å². The van der Waals surface area contributed by atoms with E-state index in [1.54, 1.807) is 0 Å². The summed E-state index contributed by atoms with van der Waals surface area (Å²) in [6.45, 7) is 6.97. The Kier molecular flexibility index (Phi) is 7.34. The number of hydrogen-bond donors (Lipinski definition) is 0. The van der Waals surface area contributed by atoms with Gasteiger partial charge in [-0.15, -0.1) is 0 Å². The predicted molar refractivity (Wildman–Crippen MR) is 81.1 cm³/mol. The summed E-state index contributed by atoms with van der Waals surface area (Å²) in [5, 5.41) is 0. The van der Waals surface area contributed by atoms with Crippen LogP contribution in [0.4, 0.5) is 8.78 Å². The lowest BCUT2D eigenvalue weighted by molar-refractivity contribution is -0.133. The third-order valence-electron chi connectivity index (χ3n) is 3.81. The molecule has 0 N–H and O–H groups in total. The van der Waals surface area contributed by atoms with Gasteiger partial charge in [0.05, 0.1) is 0 Å². The van der Waals surface area contributed by atoms with Crippen molar-refractivity contribution >= 4 is 5.91 Å². The number of rotatable bonds is 8. The molecule has 1 amide bonds. The third-order valence-corrected chi connectivity index (χ3v) is 3.81. The summed E-state index contributed by atoms with van der Waals surface area (Å²) in [5.74, 6) is -1.62. The molecule has 0 aliphatic heterocycles. The van der Waals surface area contributed by atoms with Crippen molar-refractivity contribution in [3.8, 4) is 0 Å². The number of unbranched alkanes of at least 4 members (excludes halogenated alkanes) is 1. The minimum absolute atomic E-state index is 0.0857. The normalized spacial score (nSPS) is 12.2. The summed E-state index contributed by atoms with van der Waals surface area (Å²) in [6, 6.07) is 4.03. The maximum atomic E-state index is 13.1. The van der Waals surface area contributed by atoms with Gasteiger partial charge in [0, 0.05) is 19.0 Å². The molecule has 0 saturated carbocycles. The second kappa shape index (κ2) is 8.75. The molecule has 1 rings (SSSR count). The lowest BCUT2D eigenvalue weighted by Crippen LogP contribution is -2.39. The molecule has 1 unspecified atom stereocenters. The number of benzene rings is 1. The van der Waals surface area contributed by atoms with Crippen LogP contribution in [0.5, 0.6) is 0 Å². The fourth-order valence-corrected chi connectivity index (χ4v) is 2.23. The number of halogens is 2. The average Bonchev–Trinajstić information content (AvgIpc) is 2.48. The second-order valence-electron chi connectivity index (χ2n) is 5.45. The minimum atomic E-state index is -0.857. The second-order valence-corrected chi connectivity index (χ2v) is 5.45. The molecule has 0 aromatic heterocycles. The Hall–Kier alpha value is -1.45. The van der Waals surface area contributed by atoms with Crippen LogP contribution in [-0.2, 0) is 11.2 Å². The molecule has 2 nitrogen and oxygen atoms in total. The molecule has 1 aromatic carbocycles. The number of hydrogen-bond acceptors (Lipinski definition) is 1. The van der Waals surface area contributed by atoms with E-state index >= 15 is 0 Å². The molecule has 0 aliphatic carbocycles. The van der Waals surface area contributed by atoms with Crippen molar-refractivity contribution in [3.05, 3.63) is 35.4 Å². The Morgan fingerprint density at radius 1 is 1.24 bits per heavy atom. The molecule has 1 atom stereocenters. The summed E-state index contributed by atoms with van der Waals surface area (Å²) in [5.41, 5.74) is 0.654. The summed E-state index contributed by atoms with van der Waals surface area (Å²) in [6.07, 6.45) is 3.72. The first-order chi connectivity index (χ1) is 9.99. The van der Waals surface area contributed by atoms with Crippen LogP contribution in [0.1, 0.15) is 52.0 Å². The van der Waals surface area contributed by atoms with E-state index in [1.165, 1.54) is 12.1 Å². The van der Waals surface area contributed by atoms with Gasteiger partial charge >= 0.3 is 0 Å². The van der Waals surface area contributed by atoms with Gasteiger partial charge in [0.1, 0.15) is 0 Å². The van der Waals surface area contributed by atoms with Gasteiger partial charge in [-0.2, -0.15) is 0 Å². The highest BCUT2D eigenvalue weighted by Crippen LogP contribution is 2.13. The third kappa shape index (κ3) is 5.44. The van der Waals surface area contributed by atoms with Crippen LogP contribution >= 0.6 is 0 Å². The van der Waals surface area contributed by atoms with Crippen LogP contribution in [0.25, 0.3) is 0 Å². The van der Waals surface area contributed by atoms with E-state index in [0.29, 0.717) is 18.4 Å². The Balaban J connectivity index is 2.61. The van der Waals surface area contributed by atoms with E-state index < -0.39 is 11.6 Å². The van der Waals surface area contributed by atoms with Crippen LogP contribution in [0.3, 0.4) is 0 Å². The number of carbonyl (C=O) groups is 1. The first-order valence-corrected chi connectivity index (χ1v) is 7.73. The molecule has 4 heteroatoms. The molecule has 1 aromatic rings. The van der Waals surface area contributed by atoms with Crippen LogP contribution in [0.15, 0.2) is 18.2 Å². The molecule has 21 heavy (non-hydrogen) atoms. The quantitative estimate of drug-likeness (QED) is 0.699. The van der Waals surface area contributed by atoms with Crippen molar-refractivity contribution in [3.63, 3.8) is 0 Å². The van der Waals surface area contributed by atoms with E-state index in [4.69, 9.17) is 0 Å². The van der Waals surface area contributed by atoms with Gasteiger partial charge in [-0.3, -0.25) is 4.79 Å². The Labute approximate surface area is 126 Å². The van der Waals surface area contributed by atoms with Gasteiger partial charge in [-0.1, -0.05) is 26.3 Å². The zero-order valence-electron chi connectivity index (χ0n) is 13.2. The summed E-state index contributed by atoms with van der Waals surface area (Å²) < 4.78 is 26.0. The van der Waals surface area contributed by atoms with Gasteiger partial charge in [-0.05, 0) is 43.9 Å². The summed E-state index contributed by atoms with van der Waals surface area (Å²) in [7, 11) is 0. The average molecular weight is 297 g/mol. The Morgan fingerprint density at radius 2 is 1.95 bits per heavy atom. The zero-order valence-corrected chi connectivity index (χ0v) is 13.2. The van der Waals surface area contributed by atoms with Crippen molar-refractivity contribution in [1.82, 2.24) is 4.90 Å². The highest BCUT2D eigenvalue weighted by atomic mass is 19.2. The van der Waals surface area contributed by atoms with Crippen molar-refractivity contribution < 1.29 is 13.6 Å². The number of amides is 1. The minimum Gasteiger partial charge on any atom is -0.340 e. The van der Waals surface area contributed by atoms with Crippen molar-refractivity contribution in [2.75, 3.05) is 6.54 Å². The SMILES string of the molecule is CCCCN(C(=O)CCc1ccc(F)c(F)c1)C(C)CC. The molecule has 118 valence electrons. The van der Waals surface area contributed by atoms with E-state index in [9.17, 15) is 13.6 Å². The van der Waals surface area contributed by atoms with Crippen LogP contribution in [0, 0.1) is 11.6 Å². The first kappa shape index (κ1) is 17.6. The Morgan fingerprint density at radius 3 is 2.52 bits per heavy atom. The molecular weight excluding hydrogens is 272 g/mol. The topological polar surface area (TPSA) is 20.3 Å². The number of carbonyl (C=O) groups excluding carboxylic acids is 1. The standard InChI is InChI=1S/C17H25F2NO/c1-4-6-11-20(13(3)5-2)17(21)10-8-14-7-9-15(18)16(19)12-14/h7,9,12-13H,4-6,8,10-11H2,1-3H3. The van der Waals surface area contributed by atoms with Crippen LogP contribution < -0.4 is 0 Å². The maximum absolute atomic E-state index is 13.1. The Bertz CT molecular complexity index is 462. The molecule has 0 fully saturated rings. The zero-order chi connectivity index (χ0) is 15.8. The van der Waals surface area contributed by atoms with E-state index in [2.05, 4.69) is 13.8 Å². The van der Waals surface area contributed by atoms with E-state index in [-0.39, 0.29) is 11.9 Å². The number of aryl methyl sites for hydroxylation is 1. The highest BCUT2D eigenvalue weighted by molar-refractivity contribution is 5.76. The van der Waals surface area contributed by atoms with Gasteiger partial charge in [0.2, 0.25) is 5.91 Å². The predicted octanol–water partition coefficient (Wildman–Crippen LogP) is 4.32. The molecule has 0 bridgehead atoms. The molecule has 0 heterocycles. The van der Waals surface area contributed by atoms with Gasteiger partial charge in [0.25, 0.3) is 0 Å². The smallest absolute Gasteiger partial charge is 0.223 e. The largest absolute Gasteiger partial charge is 0.340 e. The molecule has 0 radical (unpaired) electrons. The highest BCUT2D eigenvalue weighted by Gasteiger charge is 2.18. The maximum Gasteiger partial charge on any atom is 0.223 e. The van der Waals surface area contributed by atoms with Gasteiger partial charge in [-0.25, -0.2) is 8.78 Å². The van der Waals surface area contributed by atoms with Crippen molar-refractivity contribution in [2.24, 2.45) is 0 Å². The molecular formula is C17H25F2NO. The van der Waals surface area contributed by atoms with Gasteiger partial charge < -0.3 is 4.90 Å². The monoisotopic (exact) mass is 297 g/mol. The fraction of sp³-hybridized carbons (Fsp3) is 0.588. The molecule has 0 saturated heterocycles. The molecule has 0 aliphatic rings. The van der Waals surface area contributed by atoms with Crippen molar-refractivity contribution in [2.45, 2.75) is 58.9 Å². The lowest BCUT2D eigenvalue weighted by Gasteiger charge is -2.28. The fourth-order valence-electron chi connectivity index (χ4n) is 2.23. The number of nitrogens with zero attached hydrogens (tertiary/aromatic N) is 1. The van der Waals surface area contributed by atoms with Gasteiger partial charge in [0.15, 0.2) is 11.6 Å². The molecule has 0 spiro atoms.